The summed E-state index contributed by atoms with van der Waals surface area (Å²) in [5.41, 5.74) is 9.45. The first-order chi connectivity index (χ1) is 9.45. The maximum atomic E-state index is 6.61. The summed E-state index contributed by atoms with van der Waals surface area (Å²) in [4.78, 5) is 0. The van der Waals surface area contributed by atoms with Crippen molar-refractivity contribution in [3.05, 3.63) is 52.3 Å². The van der Waals surface area contributed by atoms with Crippen molar-refractivity contribution in [1.29, 1.82) is 0 Å². The zero-order chi connectivity index (χ0) is 14.8. The SMILES string of the molecule is CCC(N)(Cc1ccccc1)Cc1c(Cl)c(C)nn1C. The van der Waals surface area contributed by atoms with E-state index in [-0.39, 0.29) is 5.54 Å². The maximum Gasteiger partial charge on any atom is 0.0847 e. The van der Waals surface area contributed by atoms with Crippen molar-refractivity contribution >= 4 is 11.6 Å². The van der Waals surface area contributed by atoms with Crippen molar-refractivity contribution in [2.75, 3.05) is 0 Å². The third kappa shape index (κ3) is 3.22. The summed E-state index contributed by atoms with van der Waals surface area (Å²) in [6, 6.07) is 10.4. The molecule has 0 aliphatic rings. The topological polar surface area (TPSA) is 43.8 Å². The predicted molar refractivity (Wildman–Crippen MR) is 84.0 cm³/mol. The molecule has 0 saturated heterocycles. The zero-order valence-corrected chi connectivity index (χ0v) is 13.1. The Balaban J connectivity index is 2.23. The molecule has 0 aliphatic heterocycles. The molecule has 0 aliphatic carbocycles. The van der Waals surface area contributed by atoms with Gasteiger partial charge < -0.3 is 5.73 Å². The van der Waals surface area contributed by atoms with E-state index in [0.717, 1.165) is 35.7 Å². The molecule has 1 aromatic heterocycles. The second-order valence-electron chi connectivity index (χ2n) is 5.52. The van der Waals surface area contributed by atoms with Gasteiger partial charge in [-0.1, -0.05) is 48.9 Å². The van der Waals surface area contributed by atoms with Gasteiger partial charge >= 0.3 is 0 Å². The minimum Gasteiger partial charge on any atom is -0.324 e. The van der Waals surface area contributed by atoms with Crippen molar-refractivity contribution in [1.82, 2.24) is 9.78 Å². The highest BCUT2D eigenvalue weighted by Crippen LogP contribution is 2.26. The number of aryl methyl sites for hydroxylation is 2. The van der Waals surface area contributed by atoms with E-state index in [1.807, 2.05) is 36.9 Å². The molecule has 0 amide bonds. The number of hydrogen-bond donors (Lipinski definition) is 1. The Kier molecular flexibility index (Phi) is 4.51. The van der Waals surface area contributed by atoms with Crippen LogP contribution in [0.2, 0.25) is 5.02 Å². The van der Waals surface area contributed by atoms with Gasteiger partial charge in [-0.05, 0) is 25.3 Å². The fourth-order valence-corrected chi connectivity index (χ4v) is 2.75. The van der Waals surface area contributed by atoms with Gasteiger partial charge in [-0.3, -0.25) is 4.68 Å². The predicted octanol–water partition coefficient (Wildman–Crippen LogP) is 3.27. The molecule has 0 saturated carbocycles. The largest absolute Gasteiger partial charge is 0.324 e. The molecule has 2 rings (SSSR count). The van der Waals surface area contributed by atoms with E-state index in [0.29, 0.717) is 0 Å². The summed E-state index contributed by atoms with van der Waals surface area (Å²) in [5.74, 6) is 0. The van der Waals surface area contributed by atoms with E-state index < -0.39 is 0 Å². The summed E-state index contributed by atoms with van der Waals surface area (Å²) in [6.45, 7) is 4.05. The lowest BCUT2D eigenvalue weighted by Crippen LogP contribution is -2.44. The summed E-state index contributed by atoms with van der Waals surface area (Å²) < 4.78 is 1.85. The third-order valence-electron chi connectivity index (χ3n) is 3.88. The van der Waals surface area contributed by atoms with Crippen molar-refractivity contribution in [3.8, 4) is 0 Å². The minimum atomic E-state index is -0.300. The number of benzene rings is 1. The van der Waals surface area contributed by atoms with Crippen LogP contribution in [-0.2, 0) is 19.9 Å². The molecule has 1 unspecified atom stereocenters. The molecule has 0 radical (unpaired) electrons. The van der Waals surface area contributed by atoms with Gasteiger partial charge in [-0.25, -0.2) is 0 Å². The van der Waals surface area contributed by atoms with Gasteiger partial charge in [0.2, 0.25) is 0 Å². The molecule has 1 heterocycles. The monoisotopic (exact) mass is 291 g/mol. The lowest BCUT2D eigenvalue weighted by atomic mass is 9.85. The molecule has 108 valence electrons. The van der Waals surface area contributed by atoms with Crippen LogP contribution in [0.3, 0.4) is 0 Å². The lowest BCUT2D eigenvalue weighted by molar-refractivity contribution is 0.393. The molecule has 0 bridgehead atoms. The first kappa shape index (κ1) is 15.1. The summed E-state index contributed by atoms with van der Waals surface area (Å²) >= 11 is 6.34. The highest BCUT2D eigenvalue weighted by Gasteiger charge is 2.27. The van der Waals surface area contributed by atoms with E-state index in [1.54, 1.807) is 0 Å². The van der Waals surface area contributed by atoms with Crippen LogP contribution < -0.4 is 5.73 Å². The third-order valence-corrected chi connectivity index (χ3v) is 4.38. The maximum absolute atomic E-state index is 6.61. The van der Waals surface area contributed by atoms with E-state index in [1.165, 1.54) is 5.56 Å². The van der Waals surface area contributed by atoms with Crippen LogP contribution in [0.5, 0.6) is 0 Å². The van der Waals surface area contributed by atoms with E-state index in [2.05, 4.69) is 24.2 Å². The molecular weight excluding hydrogens is 270 g/mol. The Morgan fingerprint density at radius 3 is 2.40 bits per heavy atom. The highest BCUT2D eigenvalue weighted by molar-refractivity contribution is 6.31. The van der Waals surface area contributed by atoms with Crippen LogP contribution in [0.4, 0.5) is 0 Å². The van der Waals surface area contributed by atoms with Crippen LogP contribution in [-0.4, -0.2) is 15.3 Å². The molecule has 3 nitrogen and oxygen atoms in total. The van der Waals surface area contributed by atoms with Crippen LogP contribution >= 0.6 is 11.6 Å². The van der Waals surface area contributed by atoms with Gasteiger partial charge in [0.15, 0.2) is 0 Å². The zero-order valence-electron chi connectivity index (χ0n) is 12.4. The first-order valence-corrected chi connectivity index (χ1v) is 7.34. The van der Waals surface area contributed by atoms with Crippen LogP contribution in [0, 0.1) is 6.92 Å². The van der Waals surface area contributed by atoms with Gasteiger partial charge in [0.25, 0.3) is 0 Å². The molecule has 2 aromatic rings. The molecule has 4 heteroatoms. The average Bonchev–Trinajstić information content (AvgIpc) is 2.66. The molecule has 1 atom stereocenters. The van der Waals surface area contributed by atoms with Gasteiger partial charge in [-0.15, -0.1) is 0 Å². The van der Waals surface area contributed by atoms with Gasteiger partial charge in [0.1, 0.15) is 0 Å². The molecular formula is C16H22ClN3. The average molecular weight is 292 g/mol. The van der Waals surface area contributed by atoms with E-state index in [4.69, 9.17) is 17.3 Å². The number of rotatable bonds is 5. The summed E-state index contributed by atoms with van der Waals surface area (Å²) in [7, 11) is 1.92. The first-order valence-electron chi connectivity index (χ1n) is 6.96. The number of hydrogen-bond acceptors (Lipinski definition) is 2. The molecule has 0 spiro atoms. The fraction of sp³-hybridized carbons (Fsp3) is 0.438. The number of aromatic nitrogens is 2. The van der Waals surface area contributed by atoms with Gasteiger partial charge in [0.05, 0.1) is 16.4 Å². The smallest absolute Gasteiger partial charge is 0.0847 e. The van der Waals surface area contributed by atoms with Gasteiger partial charge in [-0.2, -0.15) is 5.10 Å². The second-order valence-corrected chi connectivity index (χ2v) is 5.90. The van der Waals surface area contributed by atoms with Gasteiger partial charge in [0, 0.05) is 19.0 Å². The minimum absolute atomic E-state index is 0.300. The van der Waals surface area contributed by atoms with Crippen LogP contribution in [0.1, 0.15) is 30.3 Å². The molecule has 20 heavy (non-hydrogen) atoms. The van der Waals surface area contributed by atoms with Crippen molar-refractivity contribution in [2.24, 2.45) is 12.8 Å². The van der Waals surface area contributed by atoms with Crippen molar-refractivity contribution in [2.45, 2.75) is 38.6 Å². The molecule has 0 fully saturated rings. The lowest BCUT2D eigenvalue weighted by Gasteiger charge is -2.28. The molecule has 2 N–H and O–H groups in total. The quantitative estimate of drug-likeness (QED) is 0.919. The Hall–Kier alpha value is -1.32. The number of nitrogens with zero attached hydrogens (tertiary/aromatic N) is 2. The van der Waals surface area contributed by atoms with Crippen LogP contribution in [0.25, 0.3) is 0 Å². The van der Waals surface area contributed by atoms with E-state index in [9.17, 15) is 0 Å². The Bertz CT molecular complexity index is 577. The Labute approximate surface area is 125 Å². The standard InChI is InChI=1S/C16H22ClN3/c1-4-16(18,10-13-8-6-5-7-9-13)11-14-15(17)12(2)19-20(14)3/h5-9H,4,10-11,18H2,1-3H3. The fourth-order valence-electron chi connectivity index (χ4n) is 2.52. The Morgan fingerprint density at radius 1 is 1.25 bits per heavy atom. The second kappa shape index (κ2) is 5.98. The summed E-state index contributed by atoms with van der Waals surface area (Å²) in [6.07, 6.45) is 2.46. The summed E-state index contributed by atoms with van der Waals surface area (Å²) in [5, 5.41) is 5.10. The number of nitrogens with two attached hydrogens (primary N) is 1. The van der Waals surface area contributed by atoms with Crippen LogP contribution in [0.15, 0.2) is 30.3 Å². The number of halogens is 1. The van der Waals surface area contributed by atoms with Crippen molar-refractivity contribution in [3.63, 3.8) is 0 Å². The van der Waals surface area contributed by atoms with E-state index >= 15 is 0 Å². The Morgan fingerprint density at radius 2 is 1.90 bits per heavy atom. The van der Waals surface area contributed by atoms with Crippen molar-refractivity contribution < 1.29 is 0 Å². The highest BCUT2D eigenvalue weighted by atomic mass is 35.5. The normalized spacial score (nSPS) is 14.2. The molecule has 1 aromatic carbocycles.